The topological polar surface area (TPSA) is 84.8 Å². The van der Waals surface area contributed by atoms with Gasteiger partial charge in [-0.05, 0) is 37.1 Å². The van der Waals surface area contributed by atoms with Gasteiger partial charge < -0.3 is 10.5 Å². The number of nitriles is 1. The molecule has 2 N–H and O–H groups in total. The van der Waals surface area contributed by atoms with E-state index in [4.69, 9.17) is 22.1 Å². The normalized spacial score (nSPS) is 15.7. The molecule has 5 rings (SSSR count). The summed E-state index contributed by atoms with van der Waals surface area (Å²) in [7, 11) is 0. The lowest BCUT2D eigenvalue weighted by Gasteiger charge is -2.27. The van der Waals surface area contributed by atoms with E-state index in [9.17, 15) is 5.26 Å². The molecule has 0 saturated carbocycles. The molecule has 1 atom stereocenters. The molecule has 1 aliphatic heterocycles. The molecule has 0 spiro atoms. The van der Waals surface area contributed by atoms with Gasteiger partial charge in [-0.1, -0.05) is 41.9 Å². The molecule has 4 aromatic rings. The Labute approximate surface area is 178 Å². The summed E-state index contributed by atoms with van der Waals surface area (Å²) in [5, 5.41) is 12.2. The van der Waals surface area contributed by atoms with Crippen molar-refractivity contribution >= 4 is 33.4 Å². The number of allylic oxidation sites excluding steroid dienone is 1. The van der Waals surface area contributed by atoms with E-state index in [-0.39, 0.29) is 5.88 Å². The van der Waals surface area contributed by atoms with Crippen LogP contribution in [-0.4, -0.2) is 9.97 Å². The van der Waals surface area contributed by atoms with Gasteiger partial charge in [-0.2, -0.15) is 5.26 Å². The Kier molecular flexibility index (Phi) is 4.12. The second-order valence-corrected chi connectivity index (χ2v) is 7.81. The molecule has 6 heteroatoms. The molecule has 146 valence electrons. The first-order chi connectivity index (χ1) is 14.5. The predicted octanol–water partition coefficient (Wildman–Crippen LogP) is 5.27. The van der Waals surface area contributed by atoms with Crippen molar-refractivity contribution in [2.24, 2.45) is 5.73 Å². The van der Waals surface area contributed by atoms with Gasteiger partial charge in [-0.25, -0.2) is 4.98 Å². The van der Waals surface area contributed by atoms with E-state index >= 15 is 0 Å². The van der Waals surface area contributed by atoms with Gasteiger partial charge in [0, 0.05) is 28.1 Å². The van der Waals surface area contributed by atoms with E-state index in [0.29, 0.717) is 22.0 Å². The number of hydrogen-bond acceptors (Lipinski definition) is 5. The van der Waals surface area contributed by atoms with Crippen LogP contribution in [0.1, 0.15) is 28.2 Å². The van der Waals surface area contributed by atoms with Crippen molar-refractivity contribution in [1.29, 1.82) is 5.26 Å². The van der Waals surface area contributed by atoms with Gasteiger partial charge >= 0.3 is 0 Å². The third-order valence-corrected chi connectivity index (χ3v) is 5.95. The smallest absolute Gasteiger partial charge is 0.205 e. The van der Waals surface area contributed by atoms with Crippen molar-refractivity contribution in [2.75, 3.05) is 0 Å². The molecule has 1 aliphatic rings. The van der Waals surface area contributed by atoms with Crippen LogP contribution in [0.4, 0.5) is 0 Å². The van der Waals surface area contributed by atoms with Crippen LogP contribution in [0.5, 0.6) is 5.75 Å². The van der Waals surface area contributed by atoms with Crippen molar-refractivity contribution in [3.05, 3.63) is 87.5 Å². The average molecular weight is 413 g/mol. The van der Waals surface area contributed by atoms with Crippen LogP contribution in [0.15, 0.2) is 60.1 Å². The van der Waals surface area contributed by atoms with Crippen LogP contribution in [-0.2, 0) is 0 Å². The summed E-state index contributed by atoms with van der Waals surface area (Å²) in [6, 6.07) is 16.0. The van der Waals surface area contributed by atoms with Crippen LogP contribution < -0.4 is 10.5 Å². The van der Waals surface area contributed by atoms with E-state index in [1.54, 1.807) is 6.20 Å². The Bertz CT molecular complexity index is 1440. The van der Waals surface area contributed by atoms with Crippen LogP contribution in [0.25, 0.3) is 21.8 Å². The number of hydrogen-bond donors (Lipinski definition) is 1. The fraction of sp³-hybridized carbons (Fsp3) is 0.125. The van der Waals surface area contributed by atoms with Gasteiger partial charge in [0.2, 0.25) is 5.88 Å². The molecule has 2 aromatic carbocycles. The summed E-state index contributed by atoms with van der Waals surface area (Å²) in [6.45, 7) is 4.04. The van der Waals surface area contributed by atoms with E-state index in [1.807, 2.05) is 50.2 Å². The second-order valence-electron chi connectivity index (χ2n) is 7.45. The zero-order chi connectivity index (χ0) is 21.0. The minimum absolute atomic E-state index is 0.0604. The first kappa shape index (κ1) is 18.4. The van der Waals surface area contributed by atoms with Gasteiger partial charge in [0.15, 0.2) is 5.75 Å². The highest BCUT2D eigenvalue weighted by atomic mass is 35.5. The van der Waals surface area contributed by atoms with Gasteiger partial charge in [-0.3, -0.25) is 4.98 Å². The number of benzene rings is 2. The standard InChI is InChI=1S/C24H17ClN4O/c1-12-5-6-13(2)20-16(12)10-17(23(25)29-20)19-15-8-7-14-4-3-9-28-21(14)22(15)30-24(27)18(19)11-26/h3-10,19H,27H2,1-2H3. The Balaban J connectivity index is 1.85. The predicted molar refractivity (Wildman–Crippen MR) is 117 cm³/mol. The third kappa shape index (κ3) is 2.62. The molecule has 0 fully saturated rings. The maximum atomic E-state index is 9.89. The lowest BCUT2D eigenvalue weighted by Crippen LogP contribution is -2.21. The molecule has 1 unspecified atom stereocenters. The molecule has 3 heterocycles. The van der Waals surface area contributed by atoms with E-state index in [2.05, 4.69) is 22.1 Å². The van der Waals surface area contributed by atoms with Crippen molar-refractivity contribution in [3.63, 3.8) is 0 Å². The fourth-order valence-electron chi connectivity index (χ4n) is 4.10. The number of pyridine rings is 2. The van der Waals surface area contributed by atoms with Crippen LogP contribution in [0.2, 0.25) is 5.15 Å². The molecular weight excluding hydrogens is 396 g/mol. The minimum atomic E-state index is -0.491. The molecule has 0 aliphatic carbocycles. The number of rotatable bonds is 1. The van der Waals surface area contributed by atoms with Crippen LogP contribution >= 0.6 is 11.6 Å². The lowest BCUT2D eigenvalue weighted by atomic mass is 9.83. The van der Waals surface area contributed by atoms with E-state index in [1.165, 1.54) is 0 Å². The zero-order valence-electron chi connectivity index (χ0n) is 16.4. The highest BCUT2D eigenvalue weighted by molar-refractivity contribution is 6.30. The van der Waals surface area contributed by atoms with Crippen molar-refractivity contribution in [3.8, 4) is 11.8 Å². The van der Waals surface area contributed by atoms with E-state index in [0.717, 1.165) is 38.5 Å². The van der Waals surface area contributed by atoms with Crippen LogP contribution in [0, 0.1) is 25.2 Å². The quantitative estimate of drug-likeness (QED) is 0.430. The minimum Gasteiger partial charge on any atom is -0.438 e. The molecule has 0 amide bonds. The maximum absolute atomic E-state index is 9.89. The van der Waals surface area contributed by atoms with Crippen LogP contribution in [0.3, 0.4) is 0 Å². The summed E-state index contributed by atoms with van der Waals surface area (Å²) in [4.78, 5) is 9.15. The van der Waals surface area contributed by atoms with Crippen molar-refractivity contribution in [2.45, 2.75) is 19.8 Å². The summed E-state index contributed by atoms with van der Waals surface area (Å²) in [5.41, 5.74) is 11.7. The molecule has 0 saturated heterocycles. The highest BCUT2D eigenvalue weighted by Gasteiger charge is 2.34. The third-order valence-electron chi connectivity index (χ3n) is 5.65. The SMILES string of the molecule is Cc1ccc(C)c2nc(Cl)c(C3C(C#N)=C(N)Oc4c3ccc3cccnc43)cc12. The zero-order valence-corrected chi connectivity index (χ0v) is 17.2. The summed E-state index contributed by atoms with van der Waals surface area (Å²) in [5.74, 6) is 0.117. The lowest BCUT2D eigenvalue weighted by molar-refractivity contribution is 0.397. The largest absolute Gasteiger partial charge is 0.438 e. The monoisotopic (exact) mass is 412 g/mol. The summed E-state index contributed by atoms with van der Waals surface area (Å²) < 4.78 is 5.88. The van der Waals surface area contributed by atoms with Gasteiger partial charge in [0.25, 0.3) is 0 Å². The number of nitrogens with two attached hydrogens (primary N) is 1. The number of ether oxygens (including phenoxy) is 1. The summed E-state index contributed by atoms with van der Waals surface area (Å²) >= 11 is 6.68. The van der Waals surface area contributed by atoms with Crippen molar-refractivity contribution in [1.82, 2.24) is 9.97 Å². The Morgan fingerprint density at radius 3 is 2.67 bits per heavy atom. The second kappa shape index (κ2) is 6.72. The molecule has 0 radical (unpaired) electrons. The number of halogens is 1. The molecule has 0 bridgehead atoms. The first-order valence-corrected chi connectivity index (χ1v) is 9.89. The molecular formula is C24H17ClN4O. The van der Waals surface area contributed by atoms with E-state index < -0.39 is 5.92 Å². The Morgan fingerprint density at radius 2 is 1.87 bits per heavy atom. The number of aromatic nitrogens is 2. The molecule has 30 heavy (non-hydrogen) atoms. The first-order valence-electron chi connectivity index (χ1n) is 9.51. The number of fused-ring (bicyclic) bond motifs is 4. The summed E-state index contributed by atoms with van der Waals surface area (Å²) in [6.07, 6.45) is 1.71. The average Bonchev–Trinajstić information content (AvgIpc) is 2.75. The van der Waals surface area contributed by atoms with Crippen molar-refractivity contribution < 1.29 is 4.74 Å². The van der Waals surface area contributed by atoms with Gasteiger partial charge in [0.05, 0.1) is 11.4 Å². The van der Waals surface area contributed by atoms with Gasteiger partial charge in [-0.15, -0.1) is 0 Å². The number of nitrogens with zero attached hydrogens (tertiary/aromatic N) is 3. The number of aryl methyl sites for hydroxylation is 2. The Morgan fingerprint density at radius 1 is 1.07 bits per heavy atom. The fourth-order valence-corrected chi connectivity index (χ4v) is 4.35. The van der Waals surface area contributed by atoms with Gasteiger partial charge in [0.1, 0.15) is 22.3 Å². The molecule has 2 aromatic heterocycles. The maximum Gasteiger partial charge on any atom is 0.205 e. The highest BCUT2D eigenvalue weighted by Crippen LogP contribution is 2.46. The Hall–Kier alpha value is -3.62. The molecule has 5 nitrogen and oxygen atoms in total.